The molecule has 3 rings (SSSR count). The second-order valence-electron chi connectivity index (χ2n) is 5.46. The second kappa shape index (κ2) is 5.48. The first-order valence-corrected chi connectivity index (χ1v) is 10.7. The summed E-state index contributed by atoms with van der Waals surface area (Å²) >= 11 is 2.96. The first-order chi connectivity index (χ1) is 9.93. The zero-order chi connectivity index (χ0) is 15.2. The summed E-state index contributed by atoms with van der Waals surface area (Å²) in [6.07, 6.45) is 3.86. The molecule has 8 heteroatoms. The molecule has 0 unspecified atom stereocenters. The fourth-order valence-electron chi connectivity index (χ4n) is 2.45. The van der Waals surface area contributed by atoms with Crippen molar-refractivity contribution in [3.05, 3.63) is 4.88 Å². The molecule has 0 atom stereocenters. The van der Waals surface area contributed by atoms with E-state index in [9.17, 15) is 13.2 Å². The van der Waals surface area contributed by atoms with Crippen LogP contribution in [-0.2, 0) is 9.84 Å². The van der Waals surface area contributed by atoms with Crippen LogP contribution in [-0.4, -0.2) is 45.1 Å². The molecule has 0 bridgehead atoms. The highest BCUT2D eigenvalue weighted by Crippen LogP contribution is 2.47. The van der Waals surface area contributed by atoms with Crippen LogP contribution in [0.1, 0.15) is 22.5 Å². The smallest absolute Gasteiger partial charge is 0.178 e. The highest BCUT2D eigenvalue weighted by molar-refractivity contribution is 7.99. The van der Waals surface area contributed by atoms with Gasteiger partial charge in [0.1, 0.15) is 5.00 Å². The monoisotopic (exact) mass is 346 g/mol. The Kier molecular flexibility index (Phi) is 3.96. The number of thiophene rings is 1. The van der Waals surface area contributed by atoms with E-state index in [1.54, 1.807) is 0 Å². The fraction of sp³-hybridized carbons (Fsp3) is 0.615. The third-order valence-corrected chi connectivity index (χ3v) is 7.73. The fourth-order valence-corrected chi connectivity index (χ4v) is 5.90. The molecule has 1 aromatic rings. The van der Waals surface area contributed by atoms with Crippen LogP contribution in [0.2, 0.25) is 0 Å². The van der Waals surface area contributed by atoms with Crippen molar-refractivity contribution in [2.45, 2.75) is 17.7 Å². The zero-order valence-corrected chi connectivity index (χ0v) is 14.2. The molecule has 2 fully saturated rings. The summed E-state index contributed by atoms with van der Waals surface area (Å²) in [4.78, 5) is 15.9. The van der Waals surface area contributed by atoms with Crippen molar-refractivity contribution < 1.29 is 13.2 Å². The van der Waals surface area contributed by atoms with Crippen molar-refractivity contribution in [3.8, 4) is 0 Å². The third-order valence-electron chi connectivity index (χ3n) is 3.89. The molecule has 1 aromatic heterocycles. The minimum absolute atomic E-state index is 0.148. The molecular weight excluding hydrogens is 328 g/mol. The van der Waals surface area contributed by atoms with Crippen LogP contribution in [0.4, 0.5) is 10.7 Å². The summed E-state index contributed by atoms with van der Waals surface area (Å²) in [6.45, 7) is 0.958. The van der Waals surface area contributed by atoms with E-state index in [-0.39, 0.29) is 23.2 Å². The molecule has 2 heterocycles. The zero-order valence-electron chi connectivity index (χ0n) is 11.8. The van der Waals surface area contributed by atoms with Gasteiger partial charge in [-0.3, -0.25) is 4.79 Å². The van der Waals surface area contributed by atoms with Gasteiger partial charge >= 0.3 is 0 Å². The number of nitrogens with zero attached hydrogens (tertiary/aromatic N) is 1. The largest absolute Gasteiger partial charge is 0.396 e. The van der Waals surface area contributed by atoms with Gasteiger partial charge in [-0.25, -0.2) is 8.42 Å². The number of Topliss-reactive ketones (excluding diaryl/α,β-unsaturated/α-hetero) is 1. The SMILES string of the molecule is CSc1c(N2CCS(=O)(=O)CC2)sc(C(=O)C2CC2)c1N. The maximum absolute atomic E-state index is 12.3. The van der Waals surface area contributed by atoms with Crippen LogP contribution >= 0.6 is 23.1 Å². The number of nitrogens with two attached hydrogens (primary N) is 1. The normalized spacial score (nSPS) is 21.5. The van der Waals surface area contributed by atoms with E-state index in [1.165, 1.54) is 23.1 Å². The predicted octanol–water partition coefficient (Wildman–Crippen LogP) is 1.88. The number of thioether (sulfide) groups is 1. The summed E-state index contributed by atoms with van der Waals surface area (Å²) in [5.41, 5.74) is 6.74. The van der Waals surface area contributed by atoms with Gasteiger partial charge in [-0.1, -0.05) is 0 Å². The van der Waals surface area contributed by atoms with E-state index in [4.69, 9.17) is 5.73 Å². The van der Waals surface area contributed by atoms with Gasteiger partial charge in [0.25, 0.3) is 0 Å². The van der Waals surface area contributed by atoms with Gasteiger partial charge in [0, 0.05) is 19.0 Å². The lowest BCUT2D eigenvalue weighted by Gasteiger charge is -2.28. The van der Waals surface area contributed by atoms with Crippen molar-refractivity contribution in [1.29, 1.82) is 0 Å². The molecule has 1 aliphatic heterocycles. The Morgan fingerprint density at radius 2 is 1.95 bits per heavy atom. The molecular formula is C13H18N2O3S3. The maximum Gasteiger partial charge on any atom is 0.178 e. The summed E-state index contributed by atoms with van der Waals surface area (Å²) < 4.78 is 23.1. The van der Waals surface area contributed by atoms with Crippen LogP contribution in [0.3, 0.4) is 0 Å². The molecule has 1 saturated heterocycles. The number of rotatable bonds is 4. The number of ketones is 1. The molecule has 21 heavy (non-hydrogen) atoms. The van der Waals surface area contributed by atoms with E-state index in [0.29, 0.717) is 23.7 Å². The Labute approximate surface area is 132 Å². The number of sulfone groups is 1. The summed E-state index contributed by atoms with van der Waals surface area (Å²) in [6, 6.07) is 0. The molecule has 1 saturated carbocycles. The summed E-state index contributed by atoms with van der Waals surface area (Å²) in [7, 11) is -2.91. The predicted molar refractivity (Wildman–Crippen MR) is 88.4 cm³/mol. The first kappa shape index (κ1) is 15.2. The lowest BCUT2D eigenvalue weighted by molar-refractivity contribution is 0.0972. The topological polar surface area (TPSA) is 80.5 Å². The van der Waals surface area contributed by atoms with Gasteiger partial charge in [-0.15, -0.1) is 23.1 Å². The van der Waals surface area contributed by atoms with Gasteiger partial charge in [-0.2, -0.15) is 0 Å². The highest BCUT2D eigenvalue weighted by atomic mass is 32.2. The van der Waals surface area contributed by atoms with E-state index in [2.05, 4.69) is 4.90 Å². The summed E-state index contributed by atoms with van der Waals surface area (Å²) in [5.74, 6) is 0.647. The minimum Gasteiger partial charge on any atom is -0.396 e. The van der Waals surface area contributed by atoms with Gasteiger partial charge in [-0.05, 0) is 19.1 Å². The lowest BCUT2D eigenvalue weighted by Crippen LogP contribution is -2.40. The van der Waals surface area contributed by atoms with Crippen LogP contribution in [0, 0.1) is 5.92 Å². The van der Waals surface area contributed by atoms with Crippen molar-refractivity contribution in [3.63, 3.8) is 0 Å². The van der Waals surface area contributed by atoms with E-state index >= 15 is 0 Å². The van der Waals surface area contributed by atoms with Crippen molar-refractivity contribution in [2.75, 3.05) is 41.5 Å². The van der Waals surface area contributed by atoms with E-state index in [1.807, 2.05) is 6.26 Å². The number of hydrogen-bond donors (Lipinski definition) is 1. The Morgan fingerprint density at radius 3 is 2.48 bits per heavy atom. The number of hydrogen-bond acceptors (Lipinski definition) is 7. The van der Waals surface area contributed by atoms with Crippen molar-refractivity contribution in [2.24, 2.45) is 5.92 Å². The van der Waals surface area contributed by atoms with E-state index < -0.39 is 9.84 Å². The third kappa shape index (κ3) is 2.93. The van der Waals surface area contributed by atoms with Gasteiger partial charge in [0.05, 0.1) is 27.0 Å². The minimum atomic E-state index is -2.91. The molecule has 2 aliphatic rings. The number of nitrogen functional groups attached to an aromatic ring is 1. The highest BCUT2D eigenvalue weighted by Gasteiger charge is 2.35. The van der Waals surface area contributed by atoms with Gasteiger partial charge in [0.2, 0.25) is 0 Å². The number of carbonyl (C=O) groups is 1. The quantitative estimate of drug-likeness (QED) is 0.662. The van der Waals surface area contributed by atoms with Crippen LogP contribution in [0.15, 0.2) is 4.90 Å². The Bertz CT molecular complexity index is 663. The van der Waals surface area contributed by atoms with Crippen LogP contribution in [0.25, 0.3) is 0 Å². The van der Waals surface area contributed by atoms with Crippen LogP contribution in [0.5, 0.6) is 0 Å². The summed E-state index contributed by atoms with van der Waals surface area (Å²) in [5, 5.41) is 0.957. The van der Waals surface area contributed by atoms with Crippen molar-refractivity contribution >= 4 is 49.4 Å². The second-order valence-corrected chi connectivity index (χ2v) is 9.58. The van der Waals surface area contributed by atoms with Crippen molar-refractivity contribution in [1.82, 2.24) is 0 Å². The lowest BCUT2D eigenvalue weighted by atomic mass is 10.2. The average molecular weight is 346 g/mol. The molecule has 0 radical (unpaired) electrons. The molecule has 1 aliphatic carbocycles. The van der Waals surface area contributed by atoms with Gasteiger partial charge < -0.3 is 10.6 Å². The number of carbonyl (C=O) groups excluding carboxylic acids is 1. The number of anilines is 2. The van der Waals surface area contributed by atoms with Crippen LogP contribution < -0.4 is 10.6 Å². The molecule has 0 aromatic carbocycles. The molecule has 5 nitrogen and oxygen atoms in total. The molecule has 2 N–H and O–H groups in total. The molecule has 0 spiro atoms. The maximum atomic E-state index is 12.3. The Morgan fingerprint density at radius 1 is 1.33 bits per heavy atom. The van der Waals surface area contributed by atoms with E-state index in [0.717, 1.165) is 22.7 Å². The molecule has 116 valence electrons. The van der Waals surface area contributed by atoms with Gasteiger partial charge in [0.15, 0.2) is 15.6 Å². The molecule has 0 amide bonds. The Balaban J connectivity index is 1.91. The first-order valence-electron chi connectivity index (χ1n) is 6.89. The Hall–Kier alpha value is -0.730. The standard InChI is InChI=1S/C13H18N2O3S3/c1-19-12-9(14)11(10(16)8-2-3-8)20-13(12)15-4-6-21(17,18)7-5-15/h8H,2-7,14H2,1H3. The average Bonchev–Trinajstić information content (AvgIpc) is 3.23.